The zero-order chi connectivity index (χ0) is 20.5. The van der Waals surface area contributed by atoms with Crippen LogP contribution >= 0.6 is 27.5 Å². The van der Waals surface area contributed by atoms with E-state index in [0.717, 1.165) is 6.07 Å². The molecule has 0 bridgehead atoms. The summed E-state index contributed by atoms with van der Waals surface area (Å²) < 4.78 is 33.1. The van der Waals surface area contributed by atoms with E-state index in [1.807, 2.05) is 0 Å². The van der Waals surface area contributed by atoms with Crippen LogP contribution in [0.25, 0.3) is 0 Å². The fraction of sp³-hybridized carbons (Fsp3) is 0.529. The molecule has 27 heavy (non-hydrogen) atoms. The average molecular weight is 470 g/mol. The zero-order valence-electron chi connectivity index (χ0n) is 15.1. The highest BCUT2D eigenvalue weighted by Gasteiger charge is 2.36. The Morgan fingerprint density at radius 1 is 1.33 bits per heavy atom. The van der Waals surface area contributed by atoms with Gasteiger partial charge in [0.25, 0.3) is 5.91 Å². The lowest BCUT2D eigenvalue weighted by Gasteiger charge is -2.41. The van der Waals surface area contributed by atoms with Crippen molar-refractivity contribution in [3.05, 3.63) is 32.8 Å². The van der Waals surface area contributed by atoms with Crippen LogP contribution in [0.1, 0.15) is 31.1 Å². The predicted octanol–water partition coefficient (Wildman–Crippen LogP) is 3.43. The first-order valence-corrected chi connectivity index (χ1v) is 9.36. The lowest BCUT2D eigenvalue weighted by molar-refractivity contribution is -0.00256. The van der Waals surface area contributed by atoms with Crippen LogP contribution in [0.5, 0.6) is 0 Å². The monoisotopic (exact) mass is 468 g/mol. The van der Waals surface area contributed by atoms with Crippen LogP contribution in [0.3, 0.4) is 0 Å². The smallest absolute Gasteiger partial charge is 0.410 e. The van der Waals surface area contributed by atoms with E-state index in [-0.39, 0.29) is 29.1 Å². The van der Waals surface area contributed by atoms with Gasteiger partial charge in [-0.25, -0.2) is 13.6 Å². The molecule has 1 aliphatic heterocycles. The Morgan fingerprint density at radius 2 is 1.96 bits per heavy atom. The van der Waals surface area contributed by atoms with Crippen molar-refractivity contribution in [3.63, 3.8) is 0 Å². The molecule has 0 radical (unpaired) electrons. The highest BCUT2D eigenvalue weighted by Crippen LogP contribution is 2.30. The number of halogens is 4. The second-order valence-electron chi connectivity index (χ2n) is 7.11. The van der Waals surface area contributed by atoms with E-state index in [1.54, 1.807) is 20.8 Å². The summed E-state index contributed by atoms with van der Waals surface area (Å²) in [7, 11) is 0. The Bertz CT molecular complexity index is 757. The minimum Gasteiger partial charge on any atom is -0.444 e. The van der Waals surface area contributed by atoms with Crippen molar-refractivity contribution < 1.29 is 28.2 Å². The Kier molecular flexibility index (Phi) is 6.70. The molecule has 1 atom stereocenters. The van der Waals surface area contributed by atoms with E-state index in [1.165, 1.54) is 9.80 Å². The van der Waals surface area contributed by atoms with Crippen molar-refractivity contribution >= 4 is 39.5 Å². The van der Waals surface area contributed by atoms with Gasteiger partial charge in [-0.05, 0) is 42.8 Å². The van der Waals surface area contributed by atoms with Crippen LogP contribution in [0.4, 0.5) is 13.6 Å². The van der Waals surface area contributed by atoms with Gasteiger partial charge in [-0.3, -0.25) is 4.79 Å². The van der Waals surface area contributed by atoms with E-state index in [0.29, 0.717) is 0 Å². The largest absolute Gasteiger partial charge is 0.444 e. The molecule has 0 saturated carbocycles. The van der Waals surface area contributed by atoms with E-state index in [2.05, 4.69) is 15.9 Å². The molecule has 6 nitrogen and oxygen atoms in total. The highest BCUT2D eigenvalue weighted by atomic mass is 79.9. The van der Waals surface area contributed by atoms with Crippen molar-refractivity contribution in [1.82, 2.24) is 9.80 Å². The van der Waals surface area contributed by atoms with Gasteiger partial charge in [0.1, 0.15) is 5.60 Å². The number of aliphatic hydroxyl groups is 1. The topological polar surface area (TPSA) is 70.1 Å². The molecule has 1 heterocycles. The number of carbonyl (C=O) groups is 2. The standard InChI is InChI=1S/C17H20BrClF2N2O4/c1-17(2,3)27-16(26)22-4-5-23(9(7-22)8-24)15(25)10-6-11(19)12(18)14(21)13(10)20/h6,9,24H,4-5,7-8H2,1-3H3/t9-/m1/s1. The van der Waals surface area contributed by atoms with E-state index >= 15 is 0 Å². The van der Waals surface area contributed by atoms with E-state index in [4.69, 9.17) is 16.3 Å². The van der Waals surface area contributed by atoms with Gasteiger partial charge >= 0.3 is 6.09 Å². The fourth-order valence-electron chi connectivity index (χ4n) is 2.65. The van der Waals surface area contributed by atoms with Crippen LogP contribution in [0, 0.1) is 11.6 Å². The number of carbonyl (C=O) groups excluding carboxylic acids is 2. The zero-order valence-corrected chi connectivity index (χ0v) is 17.4. The van der Waals surface area contributed by atoms with Gasteiger partial charge in [0.05, 0.1) is 27.7 Å². The first kappa shape index (κ1) is 21.8. The van der Waals surface area contributed by atoms with Gasteiger partial charge in [0, 0.05) is 19.6 Å². The van der Waals surface area contributed by atoms with Gasteiger partial charge in [0.2, 0.25) is 0 Å². The average Bonchev–Trinajstić information content (AvgIpc) is 2.60. The number of hydrogen-bond donors (Lipinski definition) is 1. The molecule has 2 rings (SSSR count). The van der Waals surface area contributed by atoms with Crippen molar-refractivity contribution in [2.45, 2.75) is 32.4 Å². The number of rotatable bonds is 2. The molecule has 1 saturated heterocycles. The number of aliphatic hydroxyl groups excluding tert-OH is 1. The molecule has 0 unspecified atom stereocenters. The summed E-state index contributed by atoms with van der Waals surface area (Å²) in [6.45, 7) is 4.88. The number of hydrogen-bond acceptors (Lipinski definition) is 4. The van der Waals surface area contributed by atoms with Gasteiger partial charge in [-0.1, -0.05) is 11.6 Å². The third-order valence-corrected chi connectivity index (χ3v) is 5.24. The maximum Gasteiger partial charge on any atom is 0.410 e. The molecule has 1 aromatic carbocycles. The summed E-state index contributed by atoms with van der Waals surface area (Å²) in [6, 6.07) is 0.241. The van der Waals surface area contributed by atoms with Crippen LogP contribution in [-0.2, 0) is 4.74 Å². The van der Waals surface area contributed by atoms with E-state index < -0.39 is 47.4 Å². The van der Waals surface area contributed by atoms with Gasteiger partial charge in [-0.15, -0.1) is 0 Å². The lowest BCUT2D eigenvalue weighted by atomic mass is 10.1. The summed E-state index contributed by atoms with van der Waals surface area (Å²) >= 11 is 8.64. The number of ether oxygens (including phenoxy) is 1. The first-order chi connectivity index (χ1) is 12.5. The quantitative estimate of drug-likeness (QED) is 0.532. The van der Waals surface area contributed by atoms with E-state index in [9.17, 15) is 23.5 Å². The third kappa shape index (κ3) is 4.89. The molecule has 0 spiro atoms. The van der Waals surface area contributed by atoms with Crippen molar-refractivity contribution in [2.75, 3.05) is 26.2 Å². The summed E-state index contributed by atoms with van der Waals surface area (Å²) in [6.07, 6.45) is -0.572. The second kappa shape index (κ2) is 8.28. The molecule has 150 valence electrons. The van der Waals surface area contributed by atoms with Crippen LogP contribution in [0.15, 0.2) is 10.5 Å². The Balaban J connectivity index is 2.21. The summed E-state index contributed by atoms with van der Waals surface area (Å²) in [5.41, 5.74) is -1.22. The third-order valence-electron chi connectivity index (χ3n) is 3.94. The summed E-state index contributed by atoms with van der Waals surface area (Å²) in [4.78, 5) is 27.5. The minimum absolute atomic E-state index is 0.00547. The second-order valence-corrected chi connectivity index (χ2v) is 8.31. The molecule has 1 N–H and O–H groups in total. The highest BCUT2D eigenvalue weighted by molar-refractivity contribution is 9.10. The first-order valence-electron chi connectivity index (χ1n) is 8.19. The lowest BCUT2D eigenvalue weighted by Crippen LogP contribution is -2.58. The molecular formula is C17H20BrClF2N2O4. The SMILES string of the molecule is CC(C)(C)OC(=O)N1CCN(C(=O)c2cc(Cl)c(Br)c(F)c2F)[C@@H](CO)C1. The maximum absolute atomic E-state index is 14.2. The number of piperazine rings is 1. The Labute approximate surface area is 169 Å². The molecule has 0 aromatic heterocycles. The molecule has 1 fully saturated rings. The molecule has 1 aliphatic rings. The van der Waals surface area contributed by atoms with Crippen molar-refractivity contribution in [3.8, 4) is 0 Å². The molecule has 2 amide bonds. The number of amides is 2. The molecule has 0 aliphatic carbocycles. The van der Waals surface area contributed by atoms with Gasteiger partial charge in [-0.2, -0.15) is 0 Å². The summed E-state index contributed by atoms with van der Waals surface area (Å²) in [5.74, 6) is -3.41. The van der Waals surface area contributed by atoms with Crippen molar-refractivity contribution in [2.24, 2.45) is 0 Å². The van der Waals surface area contributed by atoms with Crippen LogP contribution < -0.4 is 0 Å². The Morgan fingerprint density at radius 3 is 2.52 bits per heavy atom. The number of nitrogens with zero attached hydrogens (tertiary/aromatic N) is 2. The molecule has 1 aromatic rings. The van der Waals surface area contributed by atoms with Crippen LogP contribution in [-0.4, -0.2) is 64.8 Å². The Hall–Kier alpha value is -1.45. The van der Waals surface area contributed by atoms with Gasteiger partial charge in [0.15, 0.2) is 11.6 Å². The minimum atomic E-state index is -1.33. The summed E-state index contributed by atoms with van der Waals surface area (Å²) in [5, 5.41) is 9.49. The normalized spacial score (nSPS) is 17.9. The van der Waals surface area contributed by atoms with Crippen molar-refractivity contribution in [1.29, 1.82) is 0 Å². The number of benzene rings is 1. The maximum atomic E-state index is 14.2. The van der Waals surface area contributed by atoms with Crippen LogP contribution in [0.2, 0.25) is 5.02 Å². The molecular weight excluding hydrogens is 450 g/mol. The predicted molar refractivity (Wildman–Crippen MR) is 98.8 cm³/mol. The fourth-order valence-corrected chi connectivity index (χ4v) is 3.14. The molecule has 10 heteroatoms. The van der Waals surface area contributed by atoms with Gasteiger partial charge < -0.3 is 19.6 Å².